The number of thioether (sulfide) groups is 1. The highest BCUT2D eigenvalue weighted by molar-refractivity contribution is 7.98. The quantitative estimate of drug-likeness (QED) is 0.0381. The van der Waals surface area contributed by atoms with E-state index in [-0.39, 0.29) is 24.5 Å². The van der Waals surface area contributed by atoms with Crippen LogP contribution in [0, 0.1) is 5.92 Å². The number of carboxylic acid groups (broad SMARTS) is 4. The van der Waals surface area contributed by atoms with E-state index in [4.69, 9.17) is 10.8 Å². The molecule has 22 nitrogen and oxygen atoms in total. The molecule has 0 spiro atoms. The lowest BCUT2D eigenvalue weighted by Gasteiger charge is -2.28. The lowest BCUT2D eigenvalue weighted by atomic mass is 10.0. The molecular formula is C31H51N7O15S. The van der Waals surface area contributed by atoms with Crippen molar-refractivity contribution in [2.75, 3.05) is 18.6 Å². The molecule has 0 aliphatic heterocycles. The Morgan fingerprint density at radius 2 is 0.981 bits per heavy atom. The molecule has 0 rings (SSSR count). The highest BCUT2D eigenvalue weighted by Gasteiger charge is 2.35. The van der Waals surface area contributed by atoms with Gasteiger partial charge in [0.1, 0.15) is 36.3 Å². The highest BCUT2D eigenvalue weighted by atomic mass is 32.2. The van der Waals surface area contributed by atoms with E-state index in [2.05, 4.69) is 31.9 Å². The summed E-state index contributed by atoms with van der Waals surface area (Å²) in [5, 5.41) is 60.5. The van der Waals surface area contributed by atoms with Gasteiger partial charge in [-0.2, -0.15) is 11.8 Å². The molecule has 0 unspecified atom stereocenters. The number of aliphatic hydroxyl groups excluding tert-OH is 1. The van der Waals surface area contributed by atoms with Crippen LogP contribution < -0.4 is 37.6 Å². The number of aliphatic carboxylic acids is 4. The van der Waals surface area contributed by atoms with Gasteiger partial charge in [0.2, 0.25) is 35.4 Å². The number of carbonyl (C=O) groups excluding carboxylic acids is 6. The summed E-state index contributed by atoms with van der Waals surface area (Å²) in [5.74, 6) is -12.0. The zero-order valence-corrected chi connectivity index (χ0v) is 31.1. The largest absolute Gasteiger partial charge is 0.481 e. The van der Waals surface area contributed by atoms with Gasteiger partial charge in [-0.05, 0) is 50.5 Å². The van der Waals surface area contributed by atoms with Crippen LogP contribution in [-0.4, -0.2) is 146 Å². The summed E-state index contributed by atoms with van der Waals surface area (Å²) < 4.78 is 0. The third-order valence-corrected chi connectivity index (χ3v) is 8.05. The number of carboxylic acids is 4. The Labute approximate surface area is 314 Å². The molecule has 54 heavy (non-hydrogen) atoms. The molecule has 0 saturated carbocycles. The van der Waals surface area contributed by atoms with Gasteiger partial charge in [-0.3, -0.25) is 43.2 Å². The fraction of sp³-hybridized carbons (Fsp3) is 0.677. The average Bonchev–Trinajstić information content (AvgIpc) is 3.06. The number of nitrogens with two attached hydrogens (primary N) is 1. The van der Waals surface area contributed by atoms with Crippen LogP contribution in [0.5, 0.6) is 0 Å². The Morgan fingerprint density at radius 3 is 1.35 bits per heavy atom. The molecule has 0 aromatic rings. The van der Waals surface area contributed by atoms with Gasteiger partial charge < -0.3 is 63.2 Å². The van der Waals surface area contributed by atoms with Crippen LogP contribution in [0.4, 0.5) is 0 Å². The summed E-state index contributed by atoms with van der Waals surface area (Å²) in [6, 6.07) is -9.62. The van der Waals surface area contributed by atoms with Crippen molar-refractivity contribution in [3.8, 4) is 0 Å². The SMILES string of the molecule is CSCC[C@H](NC(=O)[C@H](CC(C)C)NC(=O)[C@H](CCC(=O)O)NC(=O)[C@H](CCC(=O)O)NC(=O)[C@@H](NC(=O)CN)[C@@H](C)O)C(=O)N[C@@H](CC(=O)O)C(=O)O. The third kappa shape index (κ3) is 19.7. The standard InChI is InChI=1S/C31H51N7O15S/c1-14(2)11-19(29(50)34-18(9-10-54-4)28(49)37-20(31(52)53)12-24(45)46)36-27(48)16(5-7-22(41)42)33-26(47)17(6-8-23(43)44)35-30(51)25(15(3)39)38-21(40)13-32/h14-20,25,39H,5-13,32H2,1-4H3,(H,33,47)(H,34,50)(H,35,51)(H,36,48)(H,37,49)(H,38,40)(H,41,42)(H,43,44)(H,45,46)(H,52,53)/t15-,16+,17+,18+,19+,20+,25+/m1/s1. The first-order valence-electron chi connectivity index (χ1n) is 16.7. The number of hydrogen-bond acceptors (Lipinski definition) is 13. The molecule has 0 bridgehead atoms. The van der Waals surface area contributed by atoms with Crippen LogP contribution in [0.15, 0.2) is 0 Å². The van der Waals surface area contributed by atoms with E-state index in [0.717, 1.165) is 6.92 Å². The first-order chi connectivity index (χ1) is 25.1. The molecule has 0 aromatic heterocycles. The van der Waals surface area contributed by atoms with Gasteiger partial charge in [0.25, 0.3) is 0 Å². The van der Waals surface area contributed by atoms with E-state index in [0.29, 0.717) is 0 Å². The van der Waals surface area contributed by atoms with Crippen molar-refractivity contribution in [3.05, 3.63) is 0 Å². The summed E-state index contributed by atoms with van der Waals surface area (Å²) in [4.78, 5) is 124. The minimum atomic E-state index is -1.82. The van der Waals surface area contributed by atoms with Gasteiger partial charge in [0.15, 0.2) is 0 Å². The van der Waals surface area contributed by atoms with E-state index < -0.39 is 140 Å². The second-order valence-corrected chi connectivity index (χ2v) is 13.5. The Kier molecular flexibility index (Phi) is 22.7. The number of hydrogen-bond donors (Lipinski definition) is 12. The van der Waals surface area contributed by atoms with Crippen LogP contribution in [0.1, 0.15) is 65.7 Å². The molecule has 306 valence electrons. The molecule has 0 fully saturated rings. The van der Waals surface area contributed by atoms with Crippen molar-refractivity contribution in [3.63, 3.8) is 0 Å². The lowest BCUT2D eigenvalue weighted by molar-refractivity contribution is -0.147. The van der Waals surface area contributed by atoms with E-state index in [1.807, 2.05) is 0 Å². The summed E-state index contributed by atoms with van der Waals surface area (Å²) in [6.07, 6.45) is -3.32. The van der Waals surface area contributed by atoms with Crippen molar-refractivity contribution in [2.45, 2.75) is 108 Å². The van der Waals surface area contributed by atoms with Gasteiger partial charge >= 0.3 is 23.9 Å². The van der Waals surface area contributed by atoms with Crippen LogP contribution in [0.2, 0.25) is 0 Å². The summed E-state index contributed by atoms with van der Waals surface area (Å²) >= 11 is 1.28. The number of amides is 6. The normalized spacial score (nSPS) is 14.8. The van der Waals surface area contributed by atoms with E-state index in [1.165, 1.54) is 11.8 Å². The van der Waals surface area contributed by atoms with Gasteiger partial charge in [-0.1, -0.05) is 13.8 Å². The Hall–Kier alpha value is -5.03. The van der Waals surface area contributed by atoms with E-state index >= 15 is 0 Å². The minimum Gasteiger partial charge on any atom is -0.481 e. The lowest BCUT2D eigenvalue weighted by Crippen LogP contribution is -2.60. The maximum atomic E-state index is 13.6. The summed E-state index contributed by atoms with van der Waals surface area (Å²) in [5.41, 5.74) is 5.25. The second kappa shape index (κ2) is 25.1. The molecule has 13 N–H and O–H groups in total. The molecular weight excluding hydrogens is 742 g/mol. The van der Waals surface area contributed by atoms with Gasteiger partial charge in [-0.25, -0.2) is 4.79 Å². The molecule has 0 aromatic carbocycles. The first kappa shape index (κ1) is 49.0. The molecule has 0 aliphatic carbocycles. The Bertz CT molecular complexity index is 1360. The van der Waals surface area contributed by atoms with Crippen molar-refractivity contribution >= 4 is 71.1 Å². The Balaban J connectivity index is 6.39. The number of nitrogens with one attached hydrogen (secondary N) is 6. The minimum absolute atomic E-state index is 0.0347. The van der Waals surface area contributed by atoms with Crippen LogP contribution in [0.3, 0.4) is 0 Å². The molecule has 7 atom stereocenters. The fourth-order valence-corrected chi connectivity index (χ4v) is 5.12. The maximum Gasteiger partial charge on any atom is 0.326 e. The van der Waals surface area contributed by atoms with Crippen LogP contribution in [-0.2, 0) is 47.9 Å². The molecule has 0 heterocycles. The highest BCUT2D eigenvalue weighted by Crippen LogP contribution is 2.10. The van der Waals surface area contributed by atoms with Crippen molar-refractivity contribution < 1.29 is 73.5 Å². The van der Waals surface area contributed by atoms with E-state index in [1.54, 1.807) is 20.1 Å². The van der Waals surface area contributed by atoms with Crippen LogP contribution >= 0.6 is 11.8 Å². The predicted molar refractivity (Wildman–Crippen MR) is 188 cm³/mol. The monoisotopic (exact) mass is 793 g/mol. The molecule has 0 aliphatic rings. The number of aliphatic hydroxyl groups is 1. The predicted octanol–water partition coefficient (Wildman–Crippen LogP) is -3.68. The topological polar surface area (TPSA) is 370 Å². The second-order valence-electron chi connectivity index (χ2n) is 12.5. The molecule has 0 radical (unpaired) electrons. The zero-order chi connectivity index (χ0) is 41.7. The maximum absolute atomic E-state index is 13.6. The van der Waals surface area contributed by atoms with Crippen molar-refractivity contribution in [2.24, 2.45) is 11.7 Å². The third-order valence-electron chi connectivity index (χ3n) is 7.40. The fourth-order valence-electron chi connectivity index (χ4n) is 4.64. The first-order valence-corrected chi connectivity index (χ1v) is 18.1. The average molecular weight is 794 g/mol. The molecule has 0 saturated heterocycles. The molecule has 23 heteroatoms. The summed E-state index contributed by atoms with van der Waals surface area (Å²) in [6.45, 7) is 3.96. The van der Waals surface area contributed by atoms with E-state index in [9.17, 15) is 68.4 Å². The Morgan fingerprint density at radius 1 is 0.574 bits per heavy atom. The van der Waals surface area contributed by atoms with Crippen LogP contribution in [0.25, 0.3) is 0 Å². The van der Waals surface area contributed by atoms with Crippen molar-refractivity contribution in [1.82, 2.24) is 31.9 Å². The summed E-state index contributed by atoms with van der Waals surface area (Å²) in [7, 11) is 0. The number of rotatable bonds is 27. The number of carbonyl (C=O) groups is 10. The zero-order valence-electron chi connectivity index (χ0n) is 30.3. The van der Waals surface area contributed by atoms with Crippen molar-refractivity contribution in [1.29, 1.82) is 0 Å². The van der Waals surface area contributed by atoms with Gasteiger partial charge in [-0.15, -0.1) is 0 Å². The molecule has 6 amide bonds. The van der Waals surface area contributed by atoms with Gasteiger partial charge in [0.05, 0.1) is 19.1 Å². The van der Waals surface area contributed by atoms with Gasteiger partial charge in [0, 0.05) is 12.8 Å². The smallest absolute Gasteiger partial charge is 0.326 e.